The number of benzene rings is 1. The van der Waals surface area contributed by atoms with E-state index in [4.69, 9.17) is 4.74 Å². The molecule has 2 amide bonds. The molecule has 3 rings (SSSR count). The van der Waals surface area contributed by atoms with E-state index < -0.39 is 10.0 Å². The van der Waals surface area contributed by atoms with Crippen LogP contribution in [0.1, 0.15) is 12.5 Å². The highest BCUT2D eigenvalue weighted by molar-refractivity contribution is 7.89. The van der Waals surface area contributed by atoms with Gasteiger partial charge in [-0.2, -0.15) is 4.31 Å². The molecular formula is C15H21N3O4S. The fourth-order valence-corrected chi connectivity index (χ4v) is 4.78. The molecule has 0 radical (unpaired) electrons. The quantitative estimate of drug-likeness (QED) is 0.880. The van der Waals surface area contributed by atoms with Crippen molar-refractivity contribution in [2.24, 2.45) is 0 Å². The predicted octanol–water partition coefficient (Wildman–Crippen LogP) is 0.792. The Morgan fingerprint density at radius 3 is 2.83 bits per heavy atom. The lowest BCUT2D eigenvalue weighted by Gasteiger charge is -2.35. The zero-order valence-corrected chi connectivity index (χ0v) is 14.1. The number of piperazine rings is 1. The van der Waals surface area contributed by atoms with Gasteiger partial charge in [0.05, 0.1) is 17.5 Å². The van der Waals surface area contributed by atoms with Crippen LogP contribution < -0.4 is 10.1 Å². The summed E-state index contributed by atoms with van der Waals surface area (Å²) in [6.07, 6.45) is 0. The van der Waals surface area contributed by atoms with Gasteiger partial charge in [0.15, 0.2) is 0 Å². The number of ether oxygens (including phenoxy) is 1. The first-order valence-corrected chi connectivity index (χ1v) is 9.15. The molecule has 7 nitrogen and oxygen atoms in total. The summed E-state index contributed by atoms with van der Waals surface area (Å²) in [6, 6.07) is 4.83. The fourth-order valence-electron chi connectivity index (χ4n) is 3.10. The third-order valence-corrected chi connectivity index (χ3v) is 6.30. The Bertz CT molecular complexity index is 719. The minimum Gasteiger partial charge on any atom is -0.494 e. The van der Waals surface area contributed by atoms with Crippen molar-refractivity contribution in [3.05, 3.63) is 23.8 Å². The normalized spacial score (nSPS) is 21.9. The summed E-state index contributed by atoms with van der Waals surface area (Å²) in [5.41, 5.74) is 0.666. The number of nitrogens with zero attached hydrogens (tertiary/aromatic N) is 2. The molecule has 1 unspecified atom stereocenters. The summed E-state index contributed by atoms with van der Waals surface area (Å²) in [6.45, 7) is 5.75. The van der Waals surface area contributed by atoms with Gasteiger partial charge in [0.25, 0.3) is 0 Å². The number of fused-ring (bicyclic) bond motifs is 1. The Labute approximate surface area is 136 Å². The maximum absolute atomic E-state index is 12.9. The van der Waals surface area contributed by atoms with Gasteiger partial charge in [-0.25, -0.2) is 13.2 Å². The average molecular weight is 339 g/mol. The van der Waals surface area contributed by atoms with Crippen LogP contribution in [0.2, 0.25) is 0 Å². The fraction of sp³-hybridized carbons (Fsp3) is 0.533. The smallest absolute Gasteiger partial charge is 0.317 e. The third-order valence-electron chi connectivity index (χ3n) is 4.27. The van der Waals surface area contributed by atoms with Crippen LogP contribution in [0.25, 0.3) is 0 Å². The Morgan fingerprint density at radius 1 is 1.35 bits per heavy atom. The molecule has 0 spiro atoms. The number of carbonyl (C=O) groups is 1. The van der Waals surface area contributed by atoms with E-state index in [2.05, 4.69) is 5.32 Å². The molecule has 2 aliphatic rings. The number of aryl methyl sites for hydroxylation is 1. The molecule has 1 atom stereocenters. The minimum atomic E-state index is -3.57. The number of urea groups is 1. The van der Waals surface area contributed by atoms with Crippen molar-refractivity contribution < 1.29 is 17.9 Å². The lowest BCUT2D eigenvalue weighted by Crippen LogP contribution is -2.53. The SMILES string of the molecule is CCOc1ccc(S(=O)(=O)N2CCN3C(=O)NCC3C2)c(C)c1. The van der Waals surface area contributed by atoms with Gasteiger partial charge in [0.1, 0.15) is 5.75 Å². The first kappa shape index (κ1) is 16.1. The van der Waals surface area contributed by atoms with E-state index >= 15 is 0 Å². The van der Waals surface area contributed by atoms with Crippen molar-refractivity contribution in [2.45, 2.75) is 24.8 Å². The Balaban J connectivity index is 1.83. The average Bonchev–Trinajstić information content (AvgIpc) is 2.88. The molecule has 0 saturated carbocycles. The maximum atomic E-state index is 12.9. The van der Waals surface area contributed by atoms with Gasteiger partial charge in [-0.1, -0.05) is 0 Å². The molecule has 0 aliphatic carbocycles. The van der Waals surface area contributed by atoms with Crippen LogP contribution in [0, 0.1) is 6.92 Å². The molecule has 0 aromatic heterocycles. The number of hydrogen-bond donors (Lipinski definition) is 1. The van der Waals surface area contributed by atoms with Gasteiger partial charge >= 0.3 is 6.03 Å². The number of sulfonamides is 1. The summed E-state index contributed by atoms with van der Waals surface area (Å²) in [5, 5.41) is 2.76. The van der Waals surface area contributed by atoms with Crippen molar-refractivity contribution >= 4 is 16.1 Å². The highest BCUT2D eigenvalue weighted by Gasteiger charge is 2.39. The standard InChI is InChI=1S/C15H21N3O4S/c1-3-22-13-4-5-14(11(2)8-13)23(20,21)17-6-7-18-12(10-17)9-16-15(18)19/h4-5,8,12H,3,6-7,9-10H2,1-2H3,(H,16,19). The van der Waals surface area contributed by atoms with Gasteiger partial charge in [-0.3, -0.25) is 0 Å². The third kappa shape index (κ3) is 2.88. The molecule has 2 heterocycles. The topological polar surface area (TPSA) is 79.0 Å². The molecule has 2 aliphatic heterocycles. The van der Waals surface area contributed by atoms with Crippen LogP contribution in [0.3, 0.4) is 0 Å². The van der Waals surface area contributed by atoms with Crippen molar-refractivity contribution in [2.75, 3.05) is 32.8 Å². The highest BCUT2D eigenvalue weighted by Crippen LogP contribution is 2.26. The molecular weight excluding hydrogens is 318 g/mol. The Hall–Kier alpha value is -1.80. The van der Waals surface area contributed by atoms with Gasteiger partial charge in [0.2, 0.25) is 10.0 Å². The maximum Gasteiger partial charge on any atom is 0.317 e. The van der Waals surface area contributed by atoms with Crippen LogP contribution >= 0.6 is 0 Å². The van der Waals surface area contributed by atoms with E-state index in [-0.39, 0.29) is 12.1 Å². The lowest BCUT2D eigenvalue weighted by atomic mass is 10.2. The van der Waals surface area contributed by atoms with Crippen LogP contribution in [0.4, 0.5) is 4.79 Å². The highest BCUT2D eigenvalue weighted by atomic mass is 32.2. The van der Waals surface area contributed by atoms with E-state index in [1.807, 2.05) is 6.92 Å². The second-order valence-electron chi connectivity index (χ2n) is 5.76. The van der Waals surface area contributed by atoms with E-state index in [9.17, 15) is 13.2 Å². The summed E-state index contributed by atoms with van der Waals surface area (Å²) in [5.74, 6) is 0.666. The summed E-state index contributed by atoms with van der Waals surface area (Å²) < 4.78 is 32.7. The molecule has 0 bridgehead atoms. The van der Waals surface area contributed by atoms with Gasteiger partial charge in [-0.05, 0) is 37.6 Å². The van der Waals surface area contributed by atoms with Crippen LogP contribution in [-0.2, 0) is 10.0 Å². The van der Waals surface area contributed by atoms with Crippen LogP contribution in [0.5, 0.6) is 5.75 Å². The van der Waals surface area contributed by atoms with E-state index in [1.54, 1.807) is 30.0 Å². The number of hydrogen-bond acceptors (Lipinski definition) is 4. The van der Waals surface area contributed by atoms with Gasteiger partial charge in [-0.15, -0.1) is 0 Å². The number of amides is 2. The van der Waals surface area contributed by atoms with Crippen molar-refractivity contribution in [3.8, 4) is 5.75 Å². The second-order valence-corrected chi connectivity index (χ2v) is 7.66. The molecule has 8 heteroatoms. The number of rotatable bonds is 4. The van der Waals surface area contributed by atoms with E-state index in [1.165, 1.54) is 4.31 Å². The van der Waals surface area contributed by atoms with E-state index in [0.717, 1.165) is 0 Å². The monoisotopic (exact) mass is 339 g/mol. The predicted molar refractivity (Wildman–Crippen MR) is 85.0 cm³/mol. The van der Waals surface area contributed by atoms with E-state index in [0.29, 0.717) is 49.0 Å². The Kier molecular flexibility index (Phi) is 4.20. The zero-order valence-electron chi connectivity index (χ0n) is 13.3. The van der Waals surface area contributed by atoms with Crippen LogP contribution in [-0.4, -0.2) is 62.5 Å². The lowest BCUT2D eigenvalue weighted by molar-refractivity contribution is 0.164. The molecule has 2 fully saturated rings. The number of nitrogens with one attached hydrogen (secondary N) is 1. The minimum absolute atomic E-state index is 0.0889. The zero-order chi connectivity index (χ0) is 16.6. The second kappa shape index (κ2) is 6.01. The first-order chi connectivity index (χ1) is 10.9. The van der Waals surface area contributed by atoms with Crippen molar-refractivity contribution in [1.82, 2.24) is 14.5 Å². The summed E-state index contributed by atoms with van der Waals surface area (Å²) >= 11 is 0. The van der Waals surface area contributed by atoms with Crippen LogP contribution in [0.15, 0.2) is 23.1 Å². The largest absolute Gasteiger partial charge is 0.494 e. The van der Waals surface area contributed by atoms with Gasteiger partial charge in [0, 0.05) is 26.2 Å². The van der Waals surface area contributed by atoms with Crippen molar-refractivity contribution in [1.29, 1.82) is 0 Å². The first-order valence-electron chi connectivity index (χ1n) is 7.71. The molecule has 1 aromatic rings. The molecule has 1 N–H and O–H groups in total. The summed E-state index contributed by atoms with van der Waals surface area (Å²) in [7, 11) is -3.57. The molecule has 126 valence electrons. The number of carbonyl (C=O) groups excluding carboxylic acids is 1. The van der Waals surface area contributed by atoms with Crippen molar-refractivity contribution in [3.63, 3.8) is 0 Å². The molecule has 2 saturated heterocycles. The Morgan fingerprint density at radius 2 is 2.13 bits per heavy atom. The van der Waals surface area contributed by atoms with Gasteiger partial charge < -0.3 is 15.0 Å². The molecule has 1 aromatic carbocycles. The summed E-state index contributed by atoms with van der Waals surface area (Å²) in [4.78, 5) is 13.6. The molecule has 23 heavy (non-hydrogen) atoms.